The molecule has 0 bridgehead atoms. The van der Waals surface area contributed by atoms with Crippen molar-refractivity contribution < 1.29 is 38.7 Å². The van der Waals surface area contributed by atoms with Crippen LogP contribution < -0.4 is 24.8 Å². The van der Waals surface area contributed by atoms with E-state index in [1.807, 2.05) is 69.3 Å². The lowest BCUT2D eigenvalue weighted by Gasteiger charge is -2.35. The molecule has 1 unspecified atom stereocenters. The minimum atomic E-state index is -1.62. The first kappa shape index (κ1) is 47.3. The Labute approximate surface area is 389 Å². The number of benzene rings is 2. The summed E-state index contributed by atoms with van der Waals surface area (Å²) >= 11 is 14.1. The Morgan fingerprint density at radius 2 is 1.63 bits per heavy atom. The van der Waals surface area contributed by atoms with E-state index in [1.54, 1.807) is 37.5 Å². The lowest BCUT2D eigenvalue weighted by Crippen LogP contribution is -2.52. The molecule has 0 spiro atoms. The zero-order valence-corrected chi connectivity index (χ0v) is 38.9. The van der Waals surface area contributed by atoms with Crippen LogP contribution in [0.4, 0.5) is 10.5 Å². The van der Waals surface area contributed by atoms with E-state index in [-0.39, 0.29) is 36.0 Å². The molecule has 2 aromatic carbocycles. The zero-order valence-electron chi connectivity index (χ0n) is 37.4. The third-order valence-corrected chi connectivity index (χ3v) is 12.2. The van der Waals surface area contributed by atoms with Crippen LogP contribution in [0.5, 0.6) is 17.6 Å². The second kappa shape index (κ2) is 20.2. The molecule has 1 amide bonds. The van der Waals surface area contributed by atoms with Gasteiger partial charge in [-0.3, -0.25) is 20.0 Å². The van der Waals surface area contributed by atoms with Crippen molar-refractivity contribution in [1.82, 2.24) is 30.1 Å². The van der Waals surface area contributed by atoms with Gasteiger partial charge >= 0.3 is 12.1 Å². The summed E-state index contributed by atoms with van der Waals surface area (Å²) in [6, 6.07) is 19.5. The molecular weight excluding hydrogens is 873 g/mol. The van der Waals surface area contributed by atoms with E-state index < -0.39 is 29.8 Å². The van der Waals surface area contributed by atoms with E-state index in [2.05, 4.69) is 26.6 Å². The van der Waals surface area contributed by atoms with Crippen LogP contribution in [0.2, 0.25) is 10.0 Å². The van der Waals surface area contributed by atoms with Crippen molar-refractivity contribution >= 4 is 41.0 Å². The molecule has 3 aromatic heterocycles. The Hall–Kier alpha value is -5.71. The van der Waals surface area contributed by atoms with Crippen molar-refractivity contribution in [2.75, 3.05) is 52.3 Å². The van der Waals surface area contributed by atoms with Gasteiger partial charge in [-0.15, -0.1) is 0 Å². The van der Waals surface area contributed by atoms with Gasteiger partial charge in [-0.25, -0.2) is 9.78 Å². The number of carboxylic acid groups (broad SMARTS) is 1. The summed E-state index contributed by atoms with van der Waals surface area (Å²) in [4.78, 5) is 42.5. The number of pyridine rings is 3. The highest BCUT2D eigenvalue weighted by atomic mass is 35.5. The van der Waals surface area contributed by atoms with Gasteiger partial charge in [0.25, 0.3) is 0 Å². The van der Waals surface area contributed by atoms with Crippen LogP contribution in [-0.4, -0.2) is 105 Å². The van der Waals surface area contributed by atoms with Crippen LogP contribution in [0.3, 0.4) is 0 Å². The number of halogens is 2. The summed E-state index contributed by atoms with van der Waals surface area (Å²) < 4.78 is 24.2. The van der Waals surface area contributed by atoms with Crippen LogP contribution in [0.1, 0.15) is 68.0 Å². The summed E-state index contributed by atoms with van der Waals surface area (Å²) in [5, 5.41) is 26.3. The predicted molar refractivity (Wildman–Crippen MR) is 249 cm³/mol. The van der Waals surface area contributed by atoms with Crippen molar-refractivity contribution in [1.29, 1.82) is 0 Å². The fourth-order valence-corrected chi connectivity index (χ4v) is 8.35. The first-order chi connectivity index (χ1) is 31.1. The van der Waals surface area contributed by atoms with Crippen molar-refractivity contribution in [2.45, 2.75) is 77.5 Å². The van der Waals surface area contributed by atoms with Gasteiger partial charge in [0, 0.05) is 86.5 Å². The number of aliphatic hydroxyl groups excluding tert-OH is 1. The molecule has 5 aromatic rings. The van der Waals surface area contributed by atoms with Crippen molar-refractivity contribution in [3.8, 4) is 40.0 Å². The minimum absolute atomic E-state index is 0.0152. The molecular formula is C48H55Cl2N7O8. The number of ether oxygens (including phenoxy) is 4. The van der Waals surface area contributed by atoms with Crippen LogP contribution >= 0.6 is 23.2 Å². The van der Waals surface area contributed by atoms with Crippen molar-refractivity contribution in [3.05, 3.63) is 111 Å². The number of carbonyl (C=O) groups excluding carboxylic acids is 1. The lowest BCUT2D eigenvalue weighted by molar-refractivity contribution is -0.145. The highest BCUT2D eigenvalue weighted by molar-refractivity contribution is 6.36. The lowest BCUT2D eigenvalue weighted by atomic mass is 9.94. The maximum Gasteiger partial charge on any atom is 0.410 e. The van der Waals surface area contributed by atoms with E-state index in [9.17, 15) is 19.8 Å². The molecule has 15 nitrogen and oxygen atoms in total. The van der Waals surface area contributed by atoms with Crippen LogP contribution in [0.15, 0.2) is 73.1 Å². The Morgan fingerprint density at radius 1 is 0.892 bits per heavy atom. The van der Waals surface area contributed by atoms with Crippen LogP contribution in [0.25, 0.3) is 22.4 Å². The van der Waals surface area contributed by atoms with Gasteiger partial charge in [0.15, 0.2) is 0 Å². The number of carboxylic acids is 1. The van der Waals surface area contributed by atoms with E-state index in [0.717, 1.165) is 44.6 Å². The maximum atomic E-state index is 12.6. The van der Waals surface area contributed by atoms with Gasteiger partial charge in [-0.2, -0.15) is 4.98 Å². The van der Waals surface area contributed by atoms with E-state index in [4.69, 9.17) is 52.1 Å². The van der Waals surface area contributed by atoms with E-state index in [1.165, 1.54) is 6.92 Å². The second-order valence-corrected chi connectivity index (χ2v) is 18.1. The molecule has 1 aliphatic heterocycles. The fourth-order valence-electron chi connectivity index (χ4n) is 7.81. The molecule has 0 radical (unpaired) electrons. The number of aromatic nitrogens is 3. The summed E-state index contributed by atoms with van der Waals surface area (Å²) in [6.45, 7) is 9.60. The highest BCUT2D eigenvalue weighted by Gasteiger charge is 2.33. The van der Waals surface area contributed by atoms with Gasteiger partial charge in [0.05, 0.1) is 30.1 Å². The number of aliphatic carboxylic acids is 1. The molecule has 65 heavy (non-hydrogen) atoms. The first-order valence-corrected chi connectivity index (χ1v) is 22.2. The predicted octanol–water partition coefficient (Wildman–Crippen LogP) is 8.19. The van der Waals surface area contributed by atoms with Crippen molar-refractivity contribution in [2.24, 2.45) is 0 Å². The molecule has 0 saturated carbocycles. The molecule has 2 aliphatic rings. The average molecular weight is 929 g/mol. The molecule has 1 aliphatic carbocycles. The Kier molecular flexibility index (Phi) is 14.7. The number of amides is 1. The van der Waals surface area contributed by atoms with Crippen LogP contribution in [0, 0.1) is 0 Å². The Morgan fingerprint density at radius 3 is 2.34 bits per heavy atom. The van der Waals surface area contributed by atoms with Gasteiger partial charge in [0.1, 0.15) is 28.9 Å². The standard InChI is InChI=1S/C48H55Cl2N7O8/c1-47(2,3)65-46(61)57-19-17-56(18-20-57)26-30-13-15-39(54-42(30)62-6)37-12-8-11-36(41(37)50)33-9-7-10-35-34(33)14-16-40(35)64-44-38(49)22-31(24-53-48(4,28-58)45(59)60)43(55-44)63-27-29-21-32(51-5)25-52-23-29/h7-13,15,21-23,25,40,51,53,58H,14,16-20,24,26-28H2,1-6H3,(H,59,60)/t40-,48?/m0/s1. The maximum absolute atomic E-state index is 12.6. The number of anilines is 1. The SMILES string of the molecule is CNc1cncc(COc2nc(O[C@H]3CCc4c(-c5cccc(-c6ccc(CN7CCN(C(=O)OC(C)(C)C)CC7)c(OC)n6)c5Cl)cccc43)c(Cl)cc2CNC(C)(CO)C(=O)O)c1. The summed E-state index contributed by atoms with van der Waals surface area (Å²) in [5.74, 6) is -0.362. The number of aliphatic hydroxyl groups is 1. The van der Waals surface area contributed by atoms with Crippen LogP contribution in [-0.2, 0) is 35.6 Å². The Balaban J connectivity index is 1.10. The largest absolute Gasteiger partial charge is 0.481 e. The van der Waals surface area contributed by atoms with Crippen molar-refractivity contribution in [3.63, 3.8) is 0 Å². The minimum Gasteiger partial charge on any atom is -0.481 e. The molecule has 344 valence electrons. The third-order valence-electron chi connectivity index (χ3n) is 11.5. The number of nitrogens with one attached hydrogen (secondary N) is 2. The number of hydrogen-bond acceptors (Lipinski definition) is 13. The molecule has 17 heteroatoms. The van der Waals surface area contributed by atoms with E-state index >= 15 is 0 Å². The number of piperazine rings is 1. The Bertz CT molecular complexity index is 2530. The highest BCUT2D eigenvalue weighted by Crippen LogP contribution is 2.45. The monoisotopic (exact) mass is 927 g/mol. The molecule has 4 N–H and O–H groups in total. The number of fused-ring (bicyclic) bond motifs is 1. The zero-order chi connectivity index (χ0) is 46.5. The topological polar surface area (TPSA) is 181 Å². The third kappa shape index (κ3) is 11.0. The van der Waals surface area contributed by atoms with Gasteiger partial charge < -0.3 is 39.4 Å². The molecule has 7 rings (SSSR count). The summed E-state index contributed by atoms with van der Waals surface area (Å²) in [6.07, 6.45) is 4.04. The number of nitrogens with zero attached hydrogens (tertiary/aromatic N) is 5. The summed E-state index contributed by atoms with van der Waals surface area (Å²) in [7, 11) is 3.41. The first-order valence-electron chi connectivity index (χ1n) is 21.4. The van der Waals surface area contributed by atoms with Gasteiger partial charge in [-0.05, 0) is 75.4 Å². The number of rotatable bonds is 16. The fraction of sp³-hybridized carbons (Fsp3) is 0.396. The normalized spacial score (nSPS) is 16.1. The number of carbonyl (C=O) groups is 2. The molecule has 1 fully saturated rings. The average Bonchev–Trinajstić information content (AvgIpc) is 3.71. The number of hydrogen-bond donors (Lipinski definition) is 4. The van der Waals surface area contributed by atoms with Gasteiger partial charge in [0.2, 0.25) is 17.6 Å². The summed E-state index contributed by atoms with van der Waals surface area (Å²) in [5.41, 5.74) is 6.15. The molecule has 1 saturated heterocycles. The number of methoxy groups -OCH3 is 1. The molecule has 2 atom stereocenters. The second-order valence-electron chi connectivity index (χ2n) is 17.3. The quantitative estimate of drug-likeness (QED) is 0.0744. The smallest absolute Gasteiger partial charge is 0.410 e. The molecule has 4 heterocycles. The van der Waals surface area contributed by atoms with Gasteiger partial charge in [-0.1, -0.05) is 65.7 Å². The van der Waals surface area contributed by atoms with E-state index in [0.29, 0.717) is 67.7 Å².